The standard InChI is InChI=1S/C16H16N2O/c1-10-8-11(2)17-14(10)9-13-12-6-4-5-7-15(12)18(3)16(13)19/h4-9,17H,1-3H3/b13-9+. The van der Waals surface area contributed by atoms with E-state index in [-0.39, 0.29) is 5.91 Å². The Morgan fingerprint density at radius 2 is 1.95 bits per heavy atom. The van der Waals surface area contributed by atoms with Crippen LogP contribution in [0.4, 0.5) is 5.69 Å². The number of carbonyl (C=O) groups excluding carboxylic acids is 1. The van der Waals surface area contributed by atoms with Gasteiger partial charge in [0.15, 0.2) is 0 Å². The summed E-state index contributed by atoms with van der Waals surface area (Å²) >= 11 is 0. The number of hydrogen-bond acceptors (Lipinski definition) is 1. The zero-order chi connectivity index (χ0) is 13.6. The quantitative estimate of drug-likeness (QED) is 0.778. The number of likely N-dealkylation sites (N-methyl/N-ethyl adjacent to an activating group) is 1. The number of rotatable bonds is 1. The number of aromatic amines is 1. The highest BCUT2D eigenvalue weighted by Gasteiger charge is 2.29. The van der Waals surface area contributed by atoms with Crippen LogP contribution in [-0.4, -0.2) is 17.9 Å². The SMILES string of the molecule is Cc1cc(C)c(/C=C2/C(=O)N(C)c3ccccc32)[nH]1. The molecule has 2 aromatic rings. The summed E-state index contributed by atoms with van der Waals surface area (Å²) in [4.78, 5) is 17.3. The summed E-state index contributed by atoms with van der Waals surface area (Å²) < 4.78 is 0. The molecule has 3 rings (SSSR count). The summed E-state index contributed by atoms with van der Waals surface area (Å²) in [6.07, 6.45) is 1.95. The summed E-state index contributed by atoms with van der Waals surface area (Å²) in [5.41, 5.74) is 6.00. The van der Waals surface area contributed by atoms with Crippen LogP contribution in [0.5, 0.6) is 0 Å². The molecule has 3 nitrogen and oxygen atoms in total. The molecule has 1 aromatic carbocycles. The molecule has 0 bridgehead atoms. The number of anilines is 1. The second-order valence-corrected chi connectivity index (χ2v) is 4.99. The van der Waals surface area contributed by atoms with Crippen molar-refractivity contribution in [1.82, 2.24) is 4.98 Å². The van der Waals surface area contributed by atoms with Crippen LogP contribution in [0, 0.1) is 13.8 Å². The number of aromatic nitrogens is 1. The Kier molecular flexibility index (Phi) is 2.56. The van der Waals surface area contributed by atoms with E-state index in [0.717, 1.165) is 33.8 Å². The van der Waals surface area contributed by atoms with Gasteiger partial charge in [-0.2, -0.15) is 0 Å². The molecule has 19 heavy (non-hydrogen) atoms. The Bertz CT molecular complexity index is 695. The first-order chi connectivity index (χ1) is 9.08. The number of H-pyrrole nitrogens is 1. The number of nitrogens with one attached hydrogen (secondary N) is 1. The van der Waals surface area contributed by atoms with Crippen molar-refractivity contribution in [2.24, 2.45) is 0 Å². The molecular weight excluding hydrogens is 236 g/mol. The van der Waals surface area contributed by atoms with E-state index < -0.39 is 0 Å². The van der Waals surface area contributed by atoms with Gasteiger partial charge in [-0.1, -0.05) is 18.2 Å². The number of carbonyl (C=O) groups is 1. The van der Waals surface area contributed by atoms with Crippen molar-refractivity contribution in [3.8, 4) is 0 Å². The summed E-state index contributed by atoms with van der Waals surface area (Å²) in [5, 5.41) is 0. The van der Waals surface area contributed by atoms with E-state index in [1.165, 1.54) is 0 Å². The zero-order valence-electron chi connectivity index (χ0n) is 11.3. The van der Waals surface area contributed by atoms with E-state index in [2.05, 4.69) is 11.1 Å². The van der Waals surface area contributed by atoms with E-state index in [0.29, 0.717) is 0 Å². The molecule has 1 aromatic heterocycles. The minimum atomic E-state index is 0.0489. The fourth-order valence-corrected chi connectivity index (χ4v) is 2.58. The van der Waals surface area contributed by atoms with Gasteiger partial charge in [0.1, 0.15) is 0 Å². The van der Waals surface area contributed by atoms with Crippen molar-refractivity contribution in [3.63, 3.8) is 0 Å². The molecule has 1 aliphatic rings. The van der Waals surface area contributed by atoms with Crippen LogP contribution in [0.2, 0.25) is 0 Å². The third kappa shape index (κ3) is 1.78. The van der Waals surface area contributed by atoms with Crippen LogP contribution >= 0.6 is 0 Å². The monoisotopic (exact) mass is 252 g/mol. The molecular formula is C16H16N2O. The Hall–Kier alpha value is -2.29. The molecule has 0 spiro atoms. The summed E-state index contributed by atoms with van der Waals surface area (Å²) in [6.45, 7) is 4.07. The molecule has 0 unspecified atom stereocenters. The van der Waals surface area contributed by atoms with Crippen LogP contribution in [0.3, 0.4) is 0 Å². The molecule has 1 aliphatic heterocycles. The lowest BCUT2D eigenvalue weighted by Gasteiger charge is -2.07. The maximum atomic E-state index is 12.3. The van der Waals surface area contributed by atoms with Crippen molar-refractivity contribution in [1.29, 1.82) is 0 Å². The average molecular weight is 252 g/mol. The number of para-hydroxylation sites is 1. The van der Waals surface area contributed by atoms with Gasteiger partial charge in [0.05, 0.1) is 11.3 Å². The molecule has 96 valence electrons. The largest absolute Gasteiger partial charge is 0.359 e. The van der Waals surface area contributed by atoms with Gasteiger partial charge in [-0.15, -0.1) is 0 Å². The van der Waals surface area contributed by atoms with Crippen molar-refractivity contribution in [2.75, 3.05) is 11.9 Å². The number of aryl methyl sites for hydroxylation is 2. The fourth-order valence-electron chi connectivity index (χ4n) is 2.58. The molecule has 0 atom stereocenters. The van der Waals surface area contributed by atoms with Crippen LogP contribution < -0.4 is 4.90 Å². The summed E-state index contributed by atoms with van der Waals surface area (Å²) in [5.74, 6) is 0.0489. The average Bonchev–Trinajstić information content (AvgIpc) is 2.83. The van der Waals surface area contributed by atoms with Crippen LogP contribution in [0.1, 0.15) is 22.5 Å². The van der Waals surface area contributed by atoms with Gasteiger partial charge >= 0.3 is 0 Å². The minimum Gasteiger partial charge on any atom is -0.359 e. The summed E-state index contributed by atoms with van der Waals surface area (Å²) in [6, 6.07) is 9.97. The third-order valence-electron chi connectivity index (χ3n) is 3.57. The highest BCUT2D eigenvalue weighted by molar-refractivity contribution is 6.35. The Labute approximate surface area is 112 Å². The molecule has 0 aliphatic carbocycles. The van der Waals surface area contributed by atoms with Gasteiger partial charge < -0.3 is 9.88 Å². The highest BCUT2D eigenvalue weighted by Crippen LogP contribution is 2.36. The van der Waals surface area contributed by atoms with Crippen molar-refractivity contribution >= 4 is 23.2 Å². The van der Waals surface area contributed by atoms with Crippen LogP contribution in [0.25, 0.3) is 11.6 Å². The predicted molar refractivity (Wildman–Crippen MR) is 78.0 cm³/mol. The predicted octanol–water partition coefficient (Wildman–Crippen LogP) is 3.15. The second kappa shape index (κ2) is 4.12. The molecule has 0 saturated heterocycles. The molecule has 1 amide bonds. The highest BCUT2D eigenvalue weighted by atomic mass is 16.2. The fraction of sp³-hybridized carbons (Fsp3) is 0.188. The minimum absolute atomic E-state index is 0.0489. The second-order valence-electron chi connectivity index (χ2n) is 4.99. The lowest BCUT2D eigenvalue weighted by Crippen LogP contribution is -2.20. The molecule has 0 saturated carbocycles. The number of benzene rings is 1. The Morgan fingerprint density at radius 3 is 2.63 bits per heavy atom. The first kappa shape index (κ1) is 11.8. The van der Waals surface area contributed by atoms with Gasteiger partial charge in [-0.25, -0.2) is 0 Å². The van der Waals surface area contributed by atoms with E-state index in [1.807, 2.05) is 51.2 Å². The molecule has 1 N–H and O–H groups in total. The number of amides is 1. The lowest BCUT2D eigenvalue weighted by molar-refractivity contribution is -0.112. The van der Waals surface area contributed by atoms with E-state index in [9.17, 15) is 4.79 Å². The van der Waals surface area contributed by atoms with E-state index >= 15 is 0 Å². The lowest BCUT2D eigenvalue weighted by atomic mass is 10.1. The maximum Gasteiger partial charge on any atom is 0.258 e. The van der Waals surface area contributed by atoms with Crippen LogP contribution in [0.15, 0.2) is 30.3 Å². The first-order valence-corrected chi connectivity index (χ1v) is 6.33. The summed E-state index contributed by atoms with van der Waals surface area (Å²) in [7, 11) is 1.81. The first-order valence-electron chi connectivity index (χ1n) is 6.33. The van der Waals surface area contributed by atoms with Crippen molar-refractivity contribution < 1.29 is 4.79 Å². The van der Waals surface area contributed by atoms with Gasteiger partial charge in [0.2, 0.25) is 0 Å². The van der Waals surface area contributed by atoms with Crippen molar-refractivity contribution in [3.05, 3.63) is 52.8 Å². The molecule has 0 radical (unpaired) electrons. The van der Waals surface area contributed by atoms with Gasteiger partial charge in [0.25, 0.3) is 5.91 Å². The van der Waals surface area contributed by atoms with Crippen molar-refractivity contribution in [2.45, 2.75) is 13.8 Å². The number of fused-ring (bicyclic) bond motifs is 1. The number of hydrogen-bond donors (Lipinski definition) is 1. The Balaban J connectivity index is 2.16. The number of nitrogens with zero attached hydrogens (tertiary/aromatic N) is 1. The molecule has 3 heteroatoms. The molecule has 0 fully saturated rings. The van der Waals surface area contributed by atoms with E-state index in [1.54, 1.807) is 4.90 Å². The molecule has 2 heterocycles. The van der Waals surface area contributed by atoms with E-state index in [4.69, 9.17) is 0 Å². The zero-order valence-corrected chi connectivity index (χ0v) is 11.3. The Morgan fingerprint density at radius 1 is 1.21 bits per heavy atom. The normalized spacial score (nSPS) is 16.3. The van der Waals surface area contributed by atoms with Gasteiger partial charge in [0, 0.05) is 24.0 Å². The maximum absolute atomic E-state index is 12.3. The third-order valence-corrected chi connectivity index (χ3v) is 3.57. The smallest absolute Gasteiger partial charge is 0.258 e. The van der Waals surface area contributed by atoms with Crippen LogP contribution in [-0.2, 0) is 4.79 Å². The van der Waals surface area contributed by atoms with Gasteiger partial charge in [-0.05, 0) is 37.6 Å². The topological polar surface area (TPSA) is 36.1 Å². The van der Waals surface area contributed by atoms with Gasteiger partial charge in [-0.3, -0.25) is 4.79 Å².